The Hall–Kier alpha value is -1.55. The van der Waals surface area contributed by atoms with Gasteiger partial charge in [-0.1, -0.05) is 6.07 Å². The molecule has 4 heteroatoms. The molecule has 1 aliphatic rings. The minimum absolute atomic E-state index is 0.164. The zero-order valence-corrected chi connectivity index (χ0v) is 7.20. The van der Waals surface area contributed by atoms with Crippen LogP contribution in [-0.2, 0) is 4.79 Å². The second-order valence-electron chi connectivity index (χ2n) is 2.92. The summed E-state index contributed by atoms with van der Waals surface area (Å²) in [6, 6.07) is 4.82. The van der Waals surface area contributed by atoms with Crippen LogP contribution in [0.1, 0.15) is 11.6 Å². The largest absolute Gasteiger partial charge is 0.497 e. The fourth-order valence-corrected chi connectivity index (χ4v) is 1.39. The standard InChI is InChI=1S/C9H10N2O2/c1-13-5-2-3-6-7(4-5)11-9(12)8(6)10/h2-4,8H,10H2,1H3,(H,11,12)/t8-/m0/s1. The molecule has 0 fully saturated rings. The molecule has 1 atom stereocenters. The molecule has 1 aromatic carbocycles. The van der Waals surface area contributed by atoms with Gasteiger partial charge in [0.2, 0.25) is 5.91 Å². The number of hydrogen-bond acceptors (Lipinski definition) is 3. The van der Waals surface area contributed by atoms with Crippen molar-refractivity contribution in [2.75, 3.05) is 12.4 Å². The van der Waals surface area contributed by atoms with Gasteiger partial charge in [-0.15, -0.1) is 0 Å². The van der Waals surface area contributed by atoms with Gasteiger partial charge in [0.15, 0.2) is 0 Å². The van der Waals surface area contributed by atoms with Gasteiger partial charge in [-0.2, -0.15) is 0 Å². The molecule has 1 aromatic rings. The maximum Gasteiger partial charge on any atom is 0.245 e. The Bertz CT molecular complexity index is 363. The van der Waals surface area contributed by atoms with Crippen LogP contribution in [0.15, 0.2) is 18.2 Å². The molecule has 4 nitrogen and oxygen atoms in total. The number of fused-ring (bicyclic) bond motifs is 1. The van der Waals surface area contributed by atoms with Gasteiger partial charge in [-0.05, 0) is 6.07 Å². The zero-order chi connectivity index (χ0) is 9.42. The molecular weight excluding hydrogens is 168 g/mol. The highest BCUT2D eigenvalue weighted by Gasteiger charge is 2.26. The van der Waals surface area contributed by atoms with E-state index in [-0.39, 0.29) is 5.91 Å². The molecule has 1 heterocycles. The van der Waals surface area contributed by atoms with Crippen LogP contribution in [0.25, 0.3) is 0 Å². The molecular formula is C9H10N2O2. The third kappa shape index (κ3) is 1.15. The van der Waals surface area contributed by atoms with Crippen molar-refractivity contribution in [1.82, 2.24) is 0 Å². The topological polar surface area (TPSA) is 64.3 Å². The molecule has 0 radical (unpaired) electrons. The first-order valence-electron chi connectivity index (χ1n) is 3.97. The van der Waals surface area contributed by atoms with Crippen molar-refractivity contribution in [3.8, 4) is 5.75 Å². The van der Waals surface area contributed by atoms with Crippen molar-refractivity contribution < 1.29 is 9.53 Å². The summed E-state index contributed by atoms with van der Waals surface area (Å²) >= 11 is 0. The molecule has 3 N–H and O–H groups in total. The second kappa shape index (κ2) is 2.74. The van der Waals surface area contributed by atoms with Crippen LogP contribution >= 0.6 is 0 Å². The Morgan fingerprint density at radius 2 is 2.31 bits per heavy atom. The number of carbonyl (C=O) groups is 1. The number of nitrogens with two attached hydrogens (primary N) is 1. The van der Waals surface area contributed by atoms with E-state index < -0.39 is 6.04 Å². The Balaban J connectivity index is 2.46. The number of amides is 1. The minimum atomic E-state index is -0.541. The van der Waals surface area contributed by atoms with E-state index >= 15 is 0 Å². The molecule has 0 saturated heterocycles. The first-order valence-corrected chi connectivity index (χ1v) is 3.97. The average Bonchev–Trinajstić information content (AvgIpc) is 2.42. The summed E-state index contributed by atoms with van der Waals surface area (Å²) < 4.78 is 5.02. The number of nitrogens with one attached hydrogen (secondary N) is 1. The molecule has 2 rings (SSSR count). The smallest absolute Gasteiger partial charge is 0.245 e. The Labute approximate surface area is 75.7 Å². The predicted molar refractivity (Wildman–Crippen MR) is 48.6 cm³/mol. The van der Waals surface area contributed by atoms with Crippen molar-refractivity contribution in [2.45, 2.75) is 6.04 Å². The number of hydrogen-bond donors (Lipinski definition) is 2. The fraction of sp³-hybridized carbons (Fsp3) is 0.222. The monoisotopic (exact) mass is 178 g/mol. The third-order valence-electron chi connectivity index (χ3n) is 2.14. The number of carbonyl (C=O) groups excluding carboxylic acids is 1. The van der Waals surface area contributed by atoms with Gasteiger partial charge < -0.3 is 15.8 Å². The van der Waals surface area contributed by atoms with Gasteiger partial charge in [0.25, 0.3) is 0 Å². The normalized spacial score (nSPS) is 19.5. The highest BCUT2D eigenvalue weighted by molar-refractivity contribution is 6.02. The third-order valence-corrected chi connectivity index (χ3v) is 2.14. The van der Waals surface area contributed by atoms with Gasteiger partial charge >= 0.3 is 0 Å². The van der Waals surface area contributed by atoms with Crippen LogP contribution in [0.5, 0.6) is 5.75 Å². The summed E-state index contributed by atoms with van der Waals surface area (Å²) in [5.74, 6) is 0.552. The lowest BCUT2D eigenvalue weighted by Gasteiger charge is -2.03. The van der Waals surface area contributed by atoms with Crippen molar-refractivity contribution in [3.05, 3.63) is 23.8 Å². The van der Waals surface area contributed by atoms with E-state index in [1.807, 2.05) is 0 Å². The number of benzene rings is 1. The van der Waals surface area contributed by atoms with E-state index in [1.54, 1.807) is 25.3 Å². The summed E-state index contributed by atoms with van der Waals surface area (Å²) in [4.78, 5) is 11.2. The van der Waals surface area contributed by atoms with Crippen molar-refractivity contribution >= 4 is 11.6 Å². The van der Waals surface area contributed by atoms with Crippen molar-refractivity contribution in [1.29, 1.82) is 0 Å². The number of ether oxygens (including phenoxy) is 1. The number of methoxy groups -OCH3 is 1. The average molecular weight is 178 g/mol. The Morgan fingerprint density at radius 3 is 3.00 bits per heavy atom. The highest BCUT2D eigenvalue weighted by Crippen LogP contribution is 2.31. The van der Waals surface area contributed by atoms with Gasteiger partial charge in [-0.25, -0.2) is 0 Å². The summed E-state index contributed by atoms with van der Waals surface area (Å²) in [6.07, 6.45) is 0. The van der Waals surface area contributed by atoms with Gasteiger partial charge in [-0.3, -0.25) is 4.79 Å². The molecule has 1 aliphatic heterocycles. The van der Waals surface area contributed by atoms with Crippen LogP contribution in [-0.4, -0.2) is 13.0 Å². The highest BCUT2D eigenvalue weighted by atomic mass is 16.5. The number of anilines is 1. The maximum atomic E-state index is 11.2. The molecule has 0 spiro atoms. The quantitative estimate of drug-likeness (QED) is 0.663. The van der Waals surface area contributed by atoms with Gasteiger partial charge in [0.05, 0.1) is 7.11 Å². The lowest BCUT2D eigenvalue weighted by Crippen LogP contribution is -2.19. The second-order valence-corrected chi connectivity index (χ2v) is 2.92. The molecule has 0 aromatic heterocycles. The summed E-state index contributed by atoms with van der Waals surface area (Å²) in [7, 11) is 1.58. The van der Waals surface area contributed by atoms with Crippen LogP contribution in [0.4, 0.5) is 5.69 Å². The molecule has 0 saturated carbocycles. The van der Waals surface area contributed by atoms with Gasteiger partial charge in [0.1, 0.15) is 11.8 Å². The van der Waals surface area contributed by atoms with Crippen molar-refractivity contribution in [2.24, 2.45) is 5.73 Å². The molecule has 0 bridgehead atoms. The van der Waals surface area contributed by atoms with Gasteiger partial charge in [0, 0.05) is 17.3 Å². The molecule has 68 valence electrons. The SMILES string of the molecule is COc1ccc2c(c1)NC(=O)[C@H]2N. The van der Waals surface area contributed by atoms with Crippen LogP contribution in [0.2, 0.25) is 0 Å². The fourth-order valence-electron chi connectivity index (χ4n) is 1.39. The summed E-state index contributed by atoms with van der Waals surface area (Å²) in [6.45, 7) is 0. The maximum absolute atomic E-state index is 11.2. The predicted octanol–water partition coefficient (Wildman–Crippen LogP) is 0.647. The Morgan fingerprint density at radius 1 is 1.54 bits per heavy atom. The summed E-state index contributed by atoms with van der Waals surface area (Å²) in [5, 5.41) is 2.68. The zero-order valence-electron chi connectivity index (χ0n) is 7.20. The van der Waals surface area contributed by atoms with Crippen molar-refractivity contribution in [3.63, 3.8) is 0 Å². The van der Waals surface area contributed by atoms with Crippen LogP contribution in [0.3, 0.4) is 0 Å². The first-order chi connectivity index (χ1) is 6.22. The van der Waals surface area contributed by atoms with E-state index in [2.05, 4.69) is 5.32 Å². The Kier molecular flexibility index (Phi) is 1.70. The summed E-state index contributed by atoms with van der Waals surface area (Å²) in [5.41, 5.74) is 7.20. The van der Waals surface area contributed by atoms with E-state index in [0.29, 0.717) is 5.75 Å². The lowest BCUT2D eigenvalue weighted by atomic mass is 10.1. The molecule has 1 amide bonds. The van der Waals surface area contributed by atoms with E-state index in [0.717, 1.165) is 11.3 Å². The molecule has 0 aliphatic carbocycles. The van der Waals surface area contributed by atoms with E-state index in [1.165, 1.54) is 0 Å². The lowest BCUT2D eigenvalue weighted by molar-refractivity contribution is -0.116. The van der Waals surface area contributed by atoms with Crippen LogP contribution < -0.4 is 15.8 Å². The van der Waals surface area contributed by atoms with E-state index in [9.17, 15) is 4.79 Å². The molecule has 0 unspecified atom stereocenters. The van der Waals surface area contributed by atoms with E-state index in [4.69, 9.17) is 10.5 Å². The van der Waals surface area contributed by atoms with Crippen LogP contribution in [0, 0.1) is 0 Å². The number of rotatable bonds is 1. The molecule has 13 heavy (non-hydrogen) atoms. The minimum Gasteiger partial charge on any atom is -0.497 e. The first kappa shape index (κ1) is 8.07.